The third-order valence-corrected chi connectivity index (χ3v) is 5.81. The van der Waals surface area contributed by atoms with E-state index in [2.05, 4.69) is 10.6 Å². The topological polar surface area (TPSA) is 87.7 Å². The molecule has 0 bridgehead atoms. The van der Waals surface area contributed by atoms with Gasteiger partial charge in [0.1, 0.15) is 17.4 Å². The maximum Gasteiger partial charge on any atom is 0.322 e. The summed E-state index contributed by atoms with van der Waals surface area (Å²) < 4.78 is 6.04. The minimum atomic E-state index is -1.12. The highest BCUT2D eigenvalue weighted by atomic mass is 16.5. The molecule has 2 fully saturated rings. The van der Waals surface area contributed by atoms with E-state index >= 15 is 0 Å². The molecule has 0 spiro atoms. The van der Waals surface area contributed by atoms with E-state index in [1.54, 1.807) is 31.2 Å². The van der Waals surface area contributed by atoms with Crippen LogP contribution >= 0.6 is 0 Å². The number of nitrogens with zero attached hydrogens (tertiary/aromatic N) is 1. The number of carbonyl (C=O) groups excluding carboxylic acids is 3. The van der Waals surface area contributed by atoms with E-state index in [4.69, 9.17) is 4.74 Å². The Hall–Kier alpha value is -3.35. The summed E-state index contributed by atoms with van der Waals surface area (Å²) in [7, 11) is 0. The number of aryl methyl sites for hydroxylation is 1. The molecule has 2 heterocycles. The Morgan fingerprint density at radius 2 is 1.67 bits per heavy atom. The SMILES string of the molecule is Cc1ccc(OC2CCN(C(=O)c3ccc([C@@]4(C)NC(=O)NC4=O)cc3)CC2)cc1. The van der Waals surface area contributed by atoms with Crippen molar-refractivity contribution in [1.82, 2.24) is 15.5 Å². The molecule has 0 aliphatic carbocycles. The smallest absolute Gasteiger partial charge is 0.322 e. The second-order valence-electron chi connectivity index (χ2n) is 8.03. The van der Waals surface area contributed by atoms with Gasteiger partial charge in [-0.3, -0.25) is 14.9 Å². The molecule has 2 aliphatic heterocycles. The van der Waals surface area contributed by atoms with Gasteiger partial charge in [0.25, 0.3) is 11.8 Å². The first-order valence-corrected chi connectivity index (χ1v) is 10.1. The molecule has 0 radical (unpaired) electrons. The van der Waals surface area contributed by atoms with Crippen molar-refractivity contribution in [3.8, 4) is 5.75 Å². The number of ether oxygens (including phenoxy) is 1. The lowest BCUT2D eigenvalue weighted by atomic mass is 9.91. The highest BCUT2D eigenvalue weighted by Gasteiger charge is 2.43. The molecule has 7 heteroatoms. The zero-order valence-electron chi connectivity index (χ0n) is 17.1. The predicted molar refractivity (Wildman–Crippen MR) is 111 cm³/mol. The summed E-state index contributed by atoms with van der Waals surface area (Å²) in [5.41, 5.74) is 1.26. The van der Waals surface area contributed by atoms with Crippen LogP contribution in [0.2, 0.25) is 0 Å². The Labute approximate surface area is 175 Å². The van der Waals surface area contributed by atoms with Gasteiger partial charge in [-0.25, -0.2) is 4.79 Å². The van der Waals surface area contributed by atoms with Gasteiger partial charge in [-0.15, -0.1) is 0 Å². The number of hydrogen-bond acceptors (Lipinski definition) is 4. The van der Waals surface area contributed by atoms with Crippen molar-refractivity contribution in [1.29, 1.82) is 0 Å². The molecule has 2 saturated heterocycles. The molecule has 7 nitrogen and oxygen atoms in total. The van der Waals surface area contributed by atoms with Gasteiger partial charge < -0.3 is 15.0 Å². The Bertz CT molecular complexity index is 963. The molecule has 1 atom stereocenters. The molecular formula is C23H25N3O4. The standard InChI is InChI=1S/C23H25N3O4/c1-15-3-9-18(10-4-15)30-19-11-13-26(14-12-19)20(27)16-5-7-17(8-6-16)23(2)21(28)24-22(29)25-23/h3-10,19H,11-14H2,1-2H3,(H2,24,25,28,29)/t23-/m1/s1. The first kappa shape index (κ1) is 19.9. The van der Waals surface area contributed by atoms with E-state index in [1.165, 1.54) is 5.56 Å². The summed E-state index contributed by atoms with van der Waals surface area (Å²) in [4.78, 5) is 38.2. The van der Waals surface area contributed by atoms with E-state index in [9.17, 15) is 14.4 Å². The number of nitrogens with one attached hydrogen (secondary N) is 2. The van der Waals surface area contributed by atoms with Crippen molar-refractivity contribution in [2.24, 2.45) is 0 Å². The van der Waals surface area contributed by atoms with Gasteiger partial charge in [0.2, 0.25) is 0 Å². The third kappa shape index (κ3) is 3.87. The lowest BCUT2D eigenvalue weighted by molar-refractivity contribution is -0.123. The molecule has 30 heavy (non-hydrogen) atoms. The second-order valence-corrected chi connectivity index (χ2v) is 8.03. The number of piperidine rings is 1. The fourth-order valence-electron chi connectivity index (χ4n) is 3.86. The fourth-order valence-corrected chi connectivity index (χ4v) is 3.86. The van der Waals surface area contributed by atoms with Crippen molar-refractivity contribution >= 4 is 17.8 Å². The summed E-state index contributed by atoms with van der Waals surface area (Å²) >= 11 is 0. The van der Waals surface area contributed by atoms with E-state index in [-0.39, 0.29) is 12.0 Å². The zero-order valence-corrected chi connectivity index (χ0v) is 17.1. The van der Waals surface area contributed by atoms with Gasteiger partial charge in [0, 0.05) is 31.5 Å². The van der Waals surface area contributed by atoms with Crippen molar-refractivity contribution in [2.45, 2.75) is 38.3 Å². The van der Waals surface area contributed by atoms with Crippen LogP contribution in [0.15, 0.2) is 48.5 Å². The summed E-state index contributed by atoms with van der Waals surface area (Å²) in [6, 6.07) is 14.3. The van der Waals surface area contributed by atoms with E-state index < -0.39 is 17.5 Å². The van der Waals surface area contributed by atoms with Gasteiger partial charge >= 0.3 is 6.03 Å². The van der Waals surface area contributed by atoms with E-state index in [1.807, 2.05) is 36.1 Å². The molecule has 0 unspecified atom stereocenters. The molecule has 4 amide bonds. The minimum absolute atomic E-state index is 0.0413. The van der Waals surface area contributed by atoms with Crippen LogP contribution in [0.4, 0.5) is 4.79 Å². The summed E-state index contributed by atoms with van der Waals surface area (Å²) in [6.07, 6.45) is 1.66. The van der Waals surface area contributed by atoms with Crippen molar-refractivity contribution in [3.63, 3.8) is 0 Å². The van der Waals surface area contributed by atoms with Gasteiger partial charge in [-0.2, -0.15) is 0 Å². The third-order valence-electron chi connectivity index (χ3n) is 5.81. The van der Waals surface area contributed by atoms with Gasteiger partial charge in [0.15, 0.2) is 0 Å². The maximum absolute atomic E-state index is 12.9. The lowest BCUT2D eigenvalue weighted by Gasteiger charge is -2.32. The molecule has 2 aromatic rings. The predicted octanol–water partition coefficient (Wildman–Crippen LogP) is 2.73. The number of hydrogen-bond donors (Lipinski definition) is 2. The molecule has 2 aromatic carbocycles. The highest BCUT2D eigenvalue weighted by molar-refractivity contribution is 6.07. The Morgan fingerprint density at radius 3 is 2.23 bits per heavy atom. The zero-order chi connectivity index (χ0) is 21.3. The molecular weight excluding hydrogens is 382 g/mol. The normalized spacial score (nSPS) is 21.9. The highest BCUT2D eigenvalue weighted by Crippen LogP contribution is 2.25. The van der Waals surface area contributed by atoms with Crippen LogP contribution < -0.4 is 15.4 Å². The first-order chi connectivity index (χ1) is 14.3. The van der Waals surface area contributed by atoms with Crippen LogP contribution in [0, 0.1) is 6.92 Å². The Kier molecular flexibility index (Phi) is 5.20. The average molecular weight is 407 g/mol. The molecule has 0 saturated carbocycles. The molecule has 2 aliphatic rings. The quantitative estimate of drug-likeness (QED) is 0.763. The monoisotopic (exact) mass is 407 g/mol. The van der Waals surface area contributed by atoms with Crippen molar-refractivity contribution < 1.29 is 19.1 Å². The van der Waals surface area contributed by atoms with Crippen molar-refractivity contribution in [3.05, 3.63) is 65.2 Å². The number of urea groups is 1. The van der Waals surface area contributed by atoms with Crippen LogP contribution in [0.5, 0.6) is 5.75 Å². The Morgan fingerprint density at radius 1 is 1.03 bits per heavy atom. The number of amides is 4. The first-order valence-electron chi connectivity index (χ1n) is 10.1. The number of rotatable bonds is 4. The summed E-state index contributed by atoms with van der Waals surface area (Å²) in [5.74, 6) is 0.417. The fraction of sp³-hybridized carbons (Fsp3) is 0.348. The number of carbonyl (C=O) groups is 3. The number of benzene rings is 2. The molecule has 4 rings (SSSR count). The summed E-state index contributed by atoms with van der Waals surface area (Å²) in [5, 5.41) is 4.87. The largest absolute Gasteiger partial charge is 0.490 e. The minimum Gasteiger partial charge on any atom is -0.490 e. The van der Waals surface area contributed by atoms with Crippen LogP contribution in [0.3, 0.4) is 0 Å². The van der Waals surface area contributed by atoms with Crippen LogP contribution in [-0.2, 0) is 10.3 Å². The van der Waals surface area contributed by atoms with Crippen LogP contribution in [0.1, 0.15) is 41.3 Å². The second kappa shape index (κ2) is 7.82. The van der Waals surface area contributed by atoms with Gasteiger partial charge in [0.05, 0.1) is 0 Å². The average Bonchev–Trinajstić information content (AvgIpc) is 3.02. The van der Waals surface area contributed by atoms with Crippen LogP contribution in [0.25, 0.3) is 0 Å². The molecule has 2 N–H and O–H groups in total. The molecule has 0 aromatic heterocycles. The van der Waals surface area contributed by atoms with E-state index in [0.717, 1.165) is 18.6 Å². The lowest BCUT2D eigenvalue weighted by Crippen LogP contribution is -2.42. The number of likely N-dealkylation sites (tertiary alicyclic amines) is 1. The molecule has 156 valence electrons. The van der Waals surface area contributed by atoms with Crippen LogP contribution in [-0.4, -0.2) is 41.9 Å². The Balaban J connectivity index is 1.36. The van der Waals surface area contributed by atoms with Gasteiger partial charge in [-0.1, -0.05) is 29.8 Å². The van der Waals surface area contributed by atoms with Crippen molar-refractivity contribution in [2.75, 3.05) is 13.1 Å². The number of imide groups is 1. The van der Waals surface area contributed by atoms with Gasteiger partial charge in [-0.05, 0) is 43.7 Å². The maximum atomic E-state index is 12.9. The summed E-state index contributed by atoms with van der Waals surface area (Å²) in [6.45, 7) is 4.95. The van der Waals surface area contributed by atoms with E-state index in [0.29, 0.717) is 24.2 Å².